The summed E-state index contributed by atoms with van der Waals surface area (Å²) in [5, 5.41) is 3.55. The lowest BCUT2D eigenvalue weighted by Gasteiger charge is -2.38. The highest BCUT2D eigenvalue weighted by Gasteiger charge is 2.33. The molecule has 2 heterocycles. The molecule has 1 aliphatic rings. The van der Waals surface area contributed by atoms with Crippen molar-refractivity contribution in [1.29, 1.82) is 0 Å². The van der Waals surface area contributed by atoms with E-state index in [9.17, 15) is 4.79 Å². The largest absolute Gasteiger partial charge is 0.347 e. The third kappa shape index (κ3) is 3.40. The van der Waals surface area contributed by atoms with Gasteiger partial charge in [0.05, 0.1) is 11.6 Å². The van der Waals surface area contributed by atoms with Gasteiger partial charge in [0.15, 0.2) is 0 Å². The van der Waals surface area contributed by atoms with Gasteiger partial charge in [-0.15, -0.1) is 0 Å². The molecule has 1 unspecified atom stereocenters. The van der Waals surface area contributed by atoms with Crippen molar-refractivity contribution in [3.63, 3.8) is 0 Å². The highest BCUT2D eigenvalue weighted by Crippen LogP contribution is 2.36. The molecule has 0 bridgehead atoms. The van der Waals surface area contributed by atoms with Crippen LogP contribution in [0.15, 0.2) is 97.2 Å². The number of aromatic nitrogens is 1. The van der Waals surface area contributed by atoms with E-state index in [0.29, 0.717) is 0 Å². The Bertz CT molecular complexity index is 1510. The van der Waals surface area contributed by atoms with Gasteiger partial charge in [-0.05, 0) is 53.3 Å². The van der Waals surface area contributed by atoms with Crippen LogP contribution in [0.2, 0.25) is 0 Å². The Morgan fingerprint density at radius 2 is 1.59 bits per heavy atom. The lowest BCUT2D eigenvalue weighted by molar-refractivity contribution is 0.0662. The van der Waals surface area contributed by atoms with Gasteiger partial charge in [0.1, 0.15) is 0 Å². The molecule has 6 rings (SSSR count). The van der Waals surface area contributed by atoms with E-state index in [1.54, 1.807) is 0 Å². The highest BCUT2D eigenvalue weighted by atomic mass is 16.2. The Morgan fingerprint density at radius 3 is 2.47 bits per heavy atom. The number of benzene rings is 4. The Balaban J connectivity index is 1.46. The van der Waals surface area contributed by atoms with E-state index in [2.05, 4.69) is 95.3 Å². The van der Waals surface area contributed by atoms with Gasteiger partial charge in [-0.25, -0.2) is 0 Å². The predicted molar refractivity (Wildman–Crippen MR) is 139 cm³/mol. The summed E-state index contributed by atoms with van der Waals surface area (Å²) in [6.07, 6.45) is 3.74. The average Bonchev–Trinajstić information content (AvgIpc) is 3.27. The number of hydrogen-bond acceptors (Lipinski definition) is 1. The van der Waals surface area contributed by atoms with E-state index in [1.807, 2.05) is 18.3 Å². The number of carbonyl (C=O) groups excluding carboxylic acids is 1. The number of amides is 1. The maximum absolute atomic E-state index is 14.1. The van der Waals surface area contributed by atoms with Crippen molar-refractivity contribution in [2.24, 2.45) is 0 Å². The first-order chi connectivity index (χ1) is 16.7. The highest BCUT2D eigenvalue weighted by molar-refractivity contribution is 6.07. The summed E-state index contributed by atoms with van der Waals surface area (Å²) < 4.78 is 2.18. The molecule has 168 valence electrons. The topological polar surface area (TPSA) is 25.2 Å². The van der Waals surface area contributed by atoms with Crippen molar-refractivity contribution < 1.29 is 4.79 Å². The van der Waals surface area contributed by atoms with Crippen LogP contribution in [0.4, 0.5) is 0 Å². The molecular weight excluding hydrogens is 416 g/mol. The second kappa shape index (κ2) is 8.49. The van der Waals surface area contributed by atoms with Crippen LogP contribution in [-0.4, -0.2) is 21.9 Å². The summed E-state index contributed by atoms with van der Waals surface area (Å²) in [5.41, 5.74) is 5.84. The zero-order chi connectivity index (χ0) is 23.1. The van der Waals surface area contributed by atoms with Crippen molar-refractivity contribution >= 4 is 27.6 Å². The van der Waals surface area contributed by atoms with Crippen molar-refractivity contribution in [2.75, 3.05) is 6.54 Å². The molecule has 0 saturated heterocycles. The molecule has 5 aromatic rings. The molecule has 0 aliphatic carbocycles. The zero-order valence-electron chi connectivity index (χ0n) is 19.4. The Kier molecular flexibility index (Phi) is 5.18. The molecule has 0 fully saturated rings. The van der Waals surface area contributed by atoms with Crippen LogP contribution < -0.4 is 0 Å². The first kappa shape index (κ1) is 20.7. The van der Waals surface area contributed by atoms with Crippen LogP contribution in [-0.2, 0) is 19.4 Å². The molecule has 1 aliphatic heterocycles. The van der Waals surface area contributed by atoms with Crippen molar-refractivity contribution in [3.05, 3.63) is 119 Å². The van der Waals surface area contributed by atoms with Crippen LogP contribution in [0.25, 0.3) is 21.7 Å². The maximum Gasteiger partial charge on any atom is 0.256 e. The molecule has 4 aromatic carbocycles. The third-order valence-corrected chi connectivity index (χ3v) is 7.33. The fraction of sp³-hybridized carbons (Fsp3) is 0.194. The van der Waals surface area contributed by atoms with E-state index >= 15 is 0 Å². The Hall–Kier alpha value is -3.85. The number of hydrogen-bond donors (Lipinski definition) is 0. The summed E-state index contributed by atoms with van der Waals surface area (Å²) in [4.78, 5) is 16.2. The summed E-state index contributed by atoms with van der Waals surface area (Å²) in [7, 11) is 0. The monoisotopic (exact) mass is 444 g/mol. The minimum atomic E-state index is 0.00648. The normalized spacial score (nSPS) is 15.6. The quantitative estimate of drug-likeness (QED) is 0.299. The van der Waals surface area contributed by atoms with Gasteiger partial charge >= 0.3 is 0 Å². The van der Waals surface area contributed by atoms with Crippen LogP contribution in [0.1, 0.15) is 40.0 Å². The molecule has 0 saturated carbocycles. The zero-order valence-corrected chi connectivity index (χ0v) is 19.4. The van der Waals surface area contributed by atoms with Gasteiger partial charge in [0, 0.05) is 30.2 Å². The summed E-state index contributed by atoms with van der Waals surface area (Å²) in [6.45, 7) is 3.70. The number of para-hydroxylation sites is 1. The SMILES string of the molecule is CCn1cc(C(=O)N2CCc3ccccc3C2Cc2cccc3ccccc23)c2ccccc21. The second-order valence-corrected chi connectivity index (χ2v) is 9.15. The molecule has 1 atom stereocenters. The van der Waals surface area contributed by atoms with Crippen molar-refractivity contribution in [3.8, 4) is 0 Å². The summed E-state index contributed by atoms with van der Waals surface area (Å²) in [5.74, 6) is 0.128. The molecule has 1 aromatic heterocycles. The number of fused-ring (bicyclic) bond motifs is 3. The summed E-state index contributed by atoms with van der Waals surface area (Å²) in [6, 6.07) is 32.0. The van der Waals surface area contributed by atoms with Crippen LogP contribution in [0.3, 0.4) is 0 Å². The maximum atomic E-state index is 14.1. The molecule has 34 heavy (non-hydrogen) atoms. The molecule has 3 nitrogen and oxygen atoms in total. The Morgan fingerprint density at radius 1 is 0.853 bits per heavy atom. The van der Waals surface area contributed by atoms with Gasteiger partial charge < -0.3 is 9.47 Å². The molecule has 3 heteroatoms. The number of carbonyl (C=O) groups is 1. The average molecular weight is 445 g/mol. The number of nitrogens with zero attached hydrogens (tertiary/aromatic N) is 2. The minimum Gasteiger partial charge on any atom is -0.347 e. The predicted octanol–water partition coefficient (Wildman–Crippen LogP) is 6.80. The van der Waals surface area contributed by atoms with Gasteiger partial charge in [-0.1, -0.05) is 84.9 Å². The molecular formula is C31H28N2O. The lowest BCUT2D eigenvalue weighted by Crippen LogP contribution is -2.41. The number of aryl methyl sites for hydroxylation is 1. The van der Waals surface area contributed by atoms with Crippen molar-refractivity contribution in [1.82, 2.24) is 9.47 Å². The molecule has 0 spiro atoms. The molecule has 0 radical (unpaired) electrons. The van der Waals surface area contributed by atoms with Gasteiger partial charge in [0.2, 0.25) is 0 Å². The van der Waals surface area contributed by atoms with Gasteiger partial charge in [-0.3, -0.25) is 4.79 Å². The van der Waals surface area contributed by atoms with E-state index in [-0.39, 0.29) is 11.9 Å². The van der Waals surface area contributed by atoms with Crippen molar-refractivity contribution in [2.45, 2.75) is 32.4 Å². The lowest BCUT2D eigenvalue weighted by atomic mass is 9.87. The van der Waals surface area contributed by atoms with E-state index in [1.165, 1.54) is 27.5 Å². The first-order valence-electron chi connectivity index (χ1n) is 12.2. The van der Waals surface area contributed by atoms with Gasteiger partial charge in [0.25, 0.3) is 5.91 Å². The second-order valence-electron chi connectivity index (χ2n) is 9.15. The first-order valence-corrected chi connectivity index (χ1v) is 12.2. The molecule has 1 amide bonds. The Labute approximate surface area is 200 Å². The standard InChI is InChI=1S/C31H28N2O/c1-2-32-21-28(27-16-7-8-17-29(27)32)31(34)33-19-18-23-11-4-6-15-26(23)30(33)20-24-13-9-12-22-10-3-5-14-25(22)24/h3-17,21,30H,2,18-20H2,1H3. The summed E-state index contributed by atoms with van der Waals surface area (Å²) >= 11 is 0. The van der Waals surface area contributed by atoms with E-state index in [0.717, 1.165) is 42.4 Å². The fourth-order valence-electron chi connectivity index (χ4n) is 5.63. The number of rotatable bonds is 4. The molecule has 0 N–H and O–H groups in total. The van der Waals surface area contributed by atoms with E-state index < -0.39 is 0 Å². The van der Waals surface area contributed by atoms with Crippen LogP contribution in [0.5, 0.6) is 0 Å². The minimum absolute atomic E-state index is 0.00648. The van der Waals surface area contributed by atoms with Crippen LogP contribution in [0, 0.1) is 0 Å². The smallest absolute Gasteiger partial charge is 0.256 e. The third-order valence-electron chi connectivity index (χ3n) is 7.33. The fourth-order valence-corrected chi connectivity index (χ4v) is 5.63. The van der Waals surface area contributed by atoms with Crippen LogP contribution >= 0.6 is 0 Å². The van der Waals surface area contributed by atoms with Gasteiger partial charge in [-0.2, -0.15) is 0 Å². The van der Waals surface area contributed by atoms with E-state index in [4.69, 9.17) is 0 Å².